The van der Waals surface area contributed by atoms with Crippen LogP contribution in [0.25, 0.3) is 5.57 Å². The summed E-state index contributed by atoms with van der Waals surface area (Å²) in [7, 11) is 0. The number of carbonyl (C=O) groups is 1. The average Bonchev–Trinajstić information content (AvgIpc) is 3.48. The van der Waals surface area contributed by atoms with Crippen molar-refractivity contribution in [2.24, 2.45) is 16.7 Å². The van der Waals surface area contributed by atoms with Gasteiger partial charge in [0.1, 0.15) is 5.75 Å². The Kier molecular flexibility index (Phi) is 3.71. The van der Waals surface area contributed by atoms with Crippen LogP contribution >= 0.6 is 0 Å². The second-order valence-corrected chi connectivity index (χ2v) is 9.96. The van der Waals surface area contributed by atoms with Crippen LogP contribution in [0.3, 0.4) is 0 Å². The minimum absolute atomic E-state index is 0.100. The van der Waals surface area contributed by atoms with Crippen molar-refractivity contribution in [1.29, 1.82) is 0 Å². The Hall–Kier alpha value is -2.42. The number of alkyl halides is 1. The number of Topliss-reactive ketones (excluding diaryl/α,β-unsaturated/α-hetero) is 1. The standard InChI is InChI=1S/C27H27FO2/c1-26-12-11-19-20-13-18(8-7-16-5-3-2-4-6-16)23(29)14-17(20)9-10-21(19)27(26)15-22(27)24(28)25(26)30/h2-6,13-14,22,24,29H,7-12,15H2,1H3/t22-,24-,26+,27+/m0/s1. The van der Waals surface area contributed by atoms with Gasteiger partial charge in [-0.1, -0.05) is 42.8 Å². The van der Waals surface area contributed by atoms with E-state index in [1.165, 1.54) is 27.8 Å². The van der Waals surface area contributed by atoms with Gasteiger partial charge < -0.3 is 5.11 Å². The third kappa shape index (κ3) is 2.21. The number of carbonyl (C=O) groups excluding carboxylic acids is 1. The Balaban J connectivity index is 1.39. The Morgan fingerprint density at radius 3 is 2.70 bits per heavy atom. The molecule has 30 heavy (non-hydrogen) atoms. The van der Waals surface area contributed by atoms with Gasteiger partial charge in [-0.25, -0.2) is 4.39 Å². The van der Waals surface area contributed by atoms with Gasteiger partial charge in [0.05, 0.1) is 0 Å². The molecule has 0 aliphatic heterocycles. The zero-order valence-electron chi connectivity index (χ0n) is 17.4. The number of aryl methyl sites for hydroxylation is 3. The smallest absolute Gasteiger partial charge is 0.173 e. The lowest BCUT2D eigenvalue weighted by atomic mass is 9.59. The summed E-state index contributed by atoms with van der Waals surface area (Å²) in [5.41, 5.74) is 6.66. The zero-order valence-corrected chi connectivity index (χ0v) is 17.4. The lowest BCUT2D eigenvalue weighted by Gasteiger charge is -2.43. The molecule has 0 unspecified atom stereocenters. The molecule has 0 aromatic heterocycles. The summed E-state index contributed by atoms with van der Waals surface area (Å²) >= 11 is 0. The number of fused-ring (bicyclic) bond motifs is 2. The molecular weight excluding hydrogens is 375 g/mol. The lowest BCUT2D eigenvalue weighted by molar-refractivity contribution is -0.132. The van der Waals surface area contributed by atoms with Gasteiger partial charge >= 0.3 is 0 Å². The van der Waals surface area contributed by atoms with Crippen molar-refractivity contribution in [1.82, 2.24) is 0 Å². The van der Waals surface area contributed by atoms with E-state index in [0.29, 0.717) is 5.75 Å². The van der Waals surface area contributed by atoms with Gasteiger partial charge in [0, 0.05) is 16.7 Å². The molecule has 0 heterocycles. The molecule has 0 radical (unpaired) electrons. The van der Waals surface area contributed by atoms with E-state index in [1.807, 2.05) is 31.2 Å². The average molecular weight is 403 g/mol. The van der Waals surface area contributed by atoms with Gasteiger partial charge in [-0.3, -0.25) is 4.79 Å². The number of benzene rings is 2. The summed E-state index contributed by atoms with van der Waals surface area (Å²) in [6.45, 7) is 2.02. The molecular formula is C27H27FO2. The predicted octanol–water partition coefficient (Wildman–Crippen LogP) is 5.60. The summed E-state index contributed by atoms with van der Waals surface area (Å²) in [5.74, 6) is 0.138. The molecule has 2 saturated carbocycles. The van der Waals surface area contributed by atoms with Gasteiger partial charge in [-0.05, 0) is 84.9 Å². The molecule has 1 spiro atoms. The van der Waals surface area contributed by atoms with E-state index in [4.69, 9.17) is 0 Å². The fraction of sp³-hybridized carbons (Fsp3) is 0.444. The number of hydrogen-bond acceptors (Lipinski definition) is 2. The molecule has 4 aliphatic carbocycles. The minimum atomic E-state index is -1.27. The monoisotopic (exact) mass is 402 g/mol. The Bertz CT molecular complexity index is 1100. The van der Waals surface area contributed by atoms with E-state index in [1.54, 1.807) is 0 Å². The van der Waals surface area contributed by atoms with Crippen molar-refractivity contribution >= 4 is 11.4 Å². The van der Waals surface area contributed by atoms with Crippen molar-refractivity contribution in [3.8, 4) is 5.75 Å². The molecule has 2 aromatic carbocycles. The lowest BCUT2D eigenvalue weighted by Crippen LogP contribution is -2.40. The maximum Gasteiger partial charge on any atom is 0.173 e. The Morgan fingerprint density at radius 1 is 1.10 bits per heavy atom. The molecule has 4 aliphatic rings. The molecule has 4 atom stereocenters. The van der Waals surface area contributed by atoms with Crippen LogP contribution in [0.5, 0.6) is 5.75 Å². The van der Waals surface area contributed by atoms with E-state index in [2.05, 4.69) is 18.2 Å². The predicted molar refractivity (Wildman–Crippen MR) is 115 cm³/mol. The first-order chi connectivity index (χ1) is 14.5. The fourth-order valence-corrected chi connectivity index (χ4v) is 7.02. The number of rotatable bonds is 3. The van der Waals surface area contributed by atoms with E-state index < -0.39 is 11.6 Å². The number of ketones is 1. The molecule has 2 nitrogen and oxygen atoms in total. The Labute approximate surface area is 176 Å². The highest BCUT2D eigenvalue weighted by Crippen LogP contribution is 2.79. The fourth-order valence-electron chi connectivity index (χ4n) is 7.02. The first-order valence-electron chi connectivity index (χ1n) is 11.3. The van der Waals surface area contributed by atoms with Crippen LogP contribution in [0.1, 0.15) is 54.9 Å². The third-order valence-corrected chi connectivity index (χ3v) is 8.72. The molecule has 0 amide bonds. The first-order valence-corrected chi connectivity index (χ1v) is 11.3. The second kappa shape index (κ2) is 6.06. The zero-order chi connectivity index (χ0) is 20.7. The molecule has 0 saturated heterocycles. The molecule has 0 bridgehead atoms. The van der Waals surface area contributed by atoms with Crippen LogP contribution in [-0.2, 0) is 24.1 Å². The van der Waals surface area contributed by atoms with Gasteiger partial charge in [-0.15, -0.1) is 0 Å². The number of phenolic OH excluding ortho intramolecular Hbond substituents is 1. The number of hydrogen-bond donors (Lipinski definition) is 1. The molecule has 2 aromatic rings. The summed E-state index contributed by atoms with van der Waals surface area (Å²) in [6, 6.07) is 14.5. The summed E-state index contributed by atoms with van der Waals surface area (Å²) in [4.78, 5) is 12.7. The van der Waals surface area contributed by atoms with Crippen LogP contribution in [-0.4, -0.2) is 17.1 Å². The van der Waals surface area contributed by atoms with Crippen LogP contribution < -0.4 is 0 Å². The molecule has 1 N–H and O–H groups in total. The molecule has 154 valence electrons. The highest BCUT2D eigenvalue weighted by molar-refractivity contribution is 5.97. The quantitative estimate of drug-likeness (QED) is 0.725. The number of phenols is 1. The molecule has 6 rings (SSSR count). The summed E-state index contributed by atoms with van der Waals surface area (Å²) in [5, 5.41) is 10.6. The van der Waals surface area contributed by atoms with Crippen LogP contribution in [0.2, 0.25) is 0 Å². The van der Waals surface area contributed by atoms with Crippen molar-refractivity contribution < 1.29 is 14.3 Å². The second-order valence-electron chi connectivity index (χ2n) is 9.96. The molecule has 3 heteroatoms. The van der Waals surface area contributed by atoms with Crippen molar-refractivity contribution in [2.45, 2.75) is 58.0 Å². The normalized spacial score (nSPS) is 33.6. The minimum Gasteiger partial charge on any atom is -0.508 e. The van der Waals surface area contributed by atoms with Crippen molar-refractivity contribution in [2.75, 3.05) is 0 Å². The van der Waals surface area contributed by atoms with Crippen molar-refractivity contribution in [3.05, 3.63) is 70.3 Å². The third-order valence-electron chi connectivity index (χ3n) is 8.72. The van der Waals surface area contributed by atoms with Crippen LogP contribution in [0, 0.1) is 16.7 Å². The van der Waals surface area contributed by atoms with Gasteiger partial charge in [0.2, 0.25) is 0 Å². The molecule has 2 fully saturated rings. The highest BCUT2D eigenvalue weighted by atomic mass is 19.1. The van der Waals surface area contributed by atoms with E-state index in [-0.39, 0.29) is 17.1 Å². The van der Waals surface area contributed by atoms with Gasteiger partial charge in [0.25, 0.3) is 0 Å². The highest BCUT2D eigenvalue weighted by Gasteiger charge is 2.79. The van der Waals surface area contributed by atoms with E-state index >= 15 is 0 Å². The topological polar surface area (TPSA) is 37.3 Å². The number of halogens is 1. The van der Waals surface area contributed by atoms with Crippen LogP contribution in [0.4, 0.5) is 4.39 Å². The van der Waals surface area contributed by atoms with Crippen molar-refractivity contribution in [3.63, 3.8) is 0 Å². The number of allylic oxidation sites excluding steroid dienone is 2. The summed E-state index contributed by atoms with van der Waals surface area (Å²) < 4.78 is 14.7. The van der Waals surface area contributed by atoms with E-state index in [9.17, 15) is 14.3 Å². The van der Waals surface area contributed by atoms with Gasteiger partial charge in [-0.2, -0.15) is 0 Å². The summed E-state index contributed by atoms with van der Waals surface area (Å²) in [6.07, 6.45) is 4.61. The first kappa shape index (κ1) is 18.4. The maximum absolute atomic E-state index is 14.7. The van der Waals surface area contributed by atoms with Crippen LogP contribution in [0.15, 0.2) is 48.0 Å². The SMILES string of the molecule is C[C@]12CCC3=C(CCc4cc(O)c(CCc5ccccc5)cc43)[C@@]13C[C@H]3[C@H](F)C2=O. The number of aromatic hydroxyl groups is 1. The van der Waals surface area contributed by atoms with Gasteiger partial charge in [0.15, 0.2) is 12.0 Å². The van der Waals surface area contributed by atoms with E-state index in [0.717, 1.165) is 50.5 Å². The maximum atomic E-state index is 14.7. The largest absolute Gasteiger partial charge is 0.508 e. The Morgan fingerprint density at radius 2 is 1.90 bits per heavy atom.